The molecule has 2 aromatic rings. The number of halogens is 1. The van der Waals surface area contributed by atoms with E-state index in [1.54, 1.807) is 23.7 Å². The molecular formula is C16H23ClN6S. The molecule has 24 heavy (non-hydrogen) atoms. The summed E-state index contributed by atoms with van der Waals surface area (Å²) < 4.78 is 0. The highest BCUT2D eigenvalue weighted by Crippen LogP contribution is 2.31. The minimum atomic E-state index is 0.0559. The minimum absolute atomic E-state index is 0.0559. The molecule has 0 aromatic carbocycles. The van der Waals surface area contributed by atoms with Crippen molar-refractivity contribution in [2.75, 3.05) is 29.9 Å². The van der Waals surface area contributed by atoms with Gasteiger partial charge in [0.1, 0.15) is 5.01 Å². The molecule has 1 saturated heterocycles. The molecule has 130 valence electrons. The van der Waals surface area contributed by atoms with Gasteiger partial charge in [-0.1, -0.05) is 43.7 Å². The highest BCUT2D eigenvalue weighted by atomic mass is 35.5. The van der Waals surface area contributed by atoms with E-state index < -0.39 is 0 Å². The summed E-state index contributed by atoms with van der Waals surface area (Å²) in [5.41, 5.74) is 0.0559. The van der Waals surface area contributed by atoms with Crippen LogP contribution in [0.2, 0.25) is 5.02 Å². The Morgan fingerprint density at radius 3 is 2.33 bits per heavy atom. The zero-order chi connectivity index (χ0) is 17.3. The Kier molecular flexibility index (Phi) is 4.92. The molecule has 6 nitrogen and oxygen atoms in total. The minimum Gasteiger partial charge on any atom is -0.347 e. The van der Waals surface area contributed by atoms with Gasteiger partial charge in [-0.3, -0.25) is 0 Å². The maximum atomic E-state index is 5.86. The number of nitrogens with zero attached hydrogens (tertiary/aromatic N) is 6. The molecule has 0 radical (unpaired) electrons. The number of piperidine rings is 1. The van der Waals surface area contributed by atoms with Gasteiger partial charge in [0, 0.05) is 31.6 Å². The van der Waals surface area contributed by atoms with Gasteiger partial charge in [-0.2, -0.15) is 0 Å². The first kappa shape index (κ1) is 17.4. The fourth-order valence-corrected chi connectivity index (χ4v) is 3.79. The van der Waals surface area contributed by atoms with Crippen LogP contribution in [-0.2, 0) is 5.41 Å². The van der Waals surface area contributed by atoms with Gasteiger partial charge in [-0.05, 0) is 12.8 Å². The largest absolute Gasteiger partial charge is 0.347 e. The van der Waals surface area contributed by atoms with Crippen LogP contribution in [0.25, 0.3) is 0 Å². The summed E-state index contributed by atoms with van der Waals surface area (Å²) >= 11 is 7.57. The normalized spacial score (nSPS) is 16.5. The molecule has 3 rings (SSSR count). The topological polar surface area (TPSA) is 58.0 Å². The van der Waals surface area contributed by atoms with Crippen LogP contribution in [0.1, 0.15) is 38.6 Å². The molecule has 2 aromatic heterocycles. The molecule has 1 aliphatic rings. The second kappa shape index (κ2) is 6.80. The number of anilines is 2. The third-order valence-electron chi connectivity index (χ3n) is 4.26. The van der Waals surface area contributed by atoms with Crippen LogP contribution in [0, 0.1) is 0 Å². The van der Waals surface area contributed by atoms with E-state index in [4.69, 9.17) is 11.6 Å². The summed E-state index contributed by atoms with van der Waals surface area (Å²) in [4.78, 5) is 13.1. The Bertz CT molecular complexity index is 673. The molecule has 0 unspecified atom stereocenters. The van der Waals surface area contributed by atoms with Crippen LogP contribution in [0.5, 0.6) is 0 Å². The lowest BCUT2D eigenvalue weighted by Crippen LogP contribution is -2.44. The first-order chi connectivity index (χ1) is 11.3. The second-order valence-electron chi connectivity index (χ2n) is 7.17. The molecule has 0 aliphatic carbocycles. The molecule has 0 bridgehead atoms. The fourth-order valence-electron chi connectivity index (χ4n) is 2.74. The maximum absolute atomic E-state index is 5.86. The molecule has 0 saturated carbocycles. The van der Waals surface area contributed by atoms with E-state index in [1.165, 1.54) is 0 Å². The number of aromatic nitrogens is 4. The second-order valence-corrected chi connectivity index (χ2v) is 8.56. The van der Waals surface area contributed by atoms with Crippen LogP contribution >= 0.6 is 22.9 Å². The molecule has 3 heterocycles. The van der Waals surface area contributed by atoms with E-state index in [1.807, 2.05) is 7.05 Å². The lowest BCUT2D eigenvalue weighted by atomic mass is 9.98. The van der Waals surface area contributed by atoms with E-state index in [0.29, 0.717) is 11.1 Å². The molecule has 8 heteroatoms. The van der Waals surface area contributed by atoms with Crippen molar-refractivity contribution in [3.63, 3.8) is 0 Å². The zero-order valence-corrected chi connectivity index (χ0v) is 16.1. The van der Waals surface area contributed by atoms with Crippen LogP contribution < -0.4 is 9.80 Å². The van der Waals surface area contributed by atoms with Crippen molar-refractivity contribution in [1.82, 2.24) is 20.2 Å². The van der Waals surface area contributed by atoms with Crippen molar-refractivity contribution >= 4 is 34.0 Å². The van der Waals surface area contributed by atoms with Gasteiger partial charge in [0.2, 0.25) is 11.1 Å². The van der Waals surface area contributed by atoms with Crippen molar-refractivity contribution in [3.8, 4) is 0 Å². The quantitative estimate of drug-likeness (QED) is 0.829. The maximum Gasteiger partial charge on any atom is 0.225 e. The van der Waals surface area contributed by atoms with Crippen LogP contribution in [0.4, 0.5) is 11.1 Å². The predicted octanol–water partition coefficient (Wildman–Crippen LogP) is 3.38. The Hall–Kier alpha value is -1.47. The standard InChI is InChI=1S/C16H23ClN6S/c1-16(2,3)13-20-21-15(24-13)23-7-5-12(6-8-23)22(4)14-18-9-11(17)10-19-14/h9-10,12H,5-8H2,1-4H3. The van der Waals surface area contributed by atoms with Gasteiger partial charge in [0.05, 0.1) is 17.4 Å². The van der Waals surface area contributed by atoms with E-state index in [2.05, 4.69) is 50.7 Å². The van der Waals surface area contributed by atoms with Crippen molar-refractivity contribution < 1.29 is 0 Å². The number of rotatable bonds is 3. The summed E-state index contributed by atoms with van der Waals surface area (Å²) in [5, 5.41) is 11.4. The number of hydrogen-bond acceptors (Lipinski definition) is 7. The monoisotopic (exact) mass is 366 g/mol. The molecule has 1 aliphatic heterocycles. The van der Waals surface area contributed by atoms with E-state index in [0.717, 1.165) is 42.0 Å². The summed E-state index contributed by atoms with van der Waals surface area (Å²) in [7, 11) is 2.05. The average Bonchev–Trinajstić information content (AvgIpc) is 3.05. The summed E-state index contributed by atoms with van der Waals surface area (Å²) in [6.45, 7) is 8.46. The molecule has 0 atom stereocenters. The Morgan fingerprint density at radius 1 is 1.17 bits per heavy atom. The van der Waals surface area contributed by atoms with Gasteiger partial charge in [0.25, 0.3) is 0 Å². The summed E-state index contributed by atoms with van der Waals surface area (Å²) in [6, 6.07) is 0.428. The van der Waals surface area contributed by atoms with E-state index >= 15 is 0 Å². The molecule has 0 N–H and O–H groups in total. The third kappa shape index (κ3) is 3.78. The Balaban J connectivity index is 1.61. The Morgan fingerprint density at radius 2 is 1.79 bits per heavy atom. The Labute approximate surface area is 151 Å². The molecule has 0 spiro atoms. The van der Waals surface area contributed by atoms with Crippen molar-refractivity contribution in [3.05, 3.63) is 22.4 Å². The summed E-state index contributed by atoms with van der Waals surface area (Å²) in [6.07, 6.45) is 5.38. The van der Waals surface area contributed by atoms with Crippen LogP contribution in [0.15, 0.2) is 12.4 Å². The lowest BCUT2D eigenvalue weighted by molar-refractivity contribution is 0.476. The van der Waals surface area contributed by atoms with Crippen molar-refractivity contribution in [2.24, 2.45) is 0 Å². The SMILES string of the molecule is CN(c1ncc(Cl)cn1)C1CCN(c2nnc(C(C)(C)C)s2)CC1. The molecule has 0 amide bonds. The van der Waals surface area contributed by atoms with Crippen molar-refractivity contribution in [2.45, 2.75) is 45.1 Å². The van der Waals surface area contributed by atoms with Gasteiger partial charge in [0.15, 0.2) is 0 Å². The highest BCUT2D eigenvalue weighted by Gasteiger charge is 2.27. The van der Waals surface area contributed by atoms with Gasteiger partial charge in [-0.25, -0.2) is 9.97 Å². The van der Waals surface area contributed by atoms with Crippen LogP contribution in [0.3, 0.4) is 0 Å². The zero-order valence-electron chi connectivity index (χ0n) is 14.5. The van der Waals surface area contributed by atoms with Gasteiger partial charge in [-0.15, -0.1) is 10.2 Å². The predicted molar refractivity (Wildman–Crippen MR) is 99.3 cm³/mol. The number of hydrogen-bond donors (Lipinski definition) is 0. The smallest absolute Gasteiger partial charge is 0.225 e. The average molecular weight is 367 g/mol. The fraction of sp³-hybridized carbons (Fsp3) is 0.625. The first-order valence-corrected chi connectivity index (χ1v) is 9.33. The highest BCUT2D eigenvalue weighted by molar-refractivity contribution is 7.15. The third-order valence-corrected chi connectivity index (χ3v) is 5.87. The summed E-state index contributed by atoms with van der Waals surface area (Å²) in [5.74, 6) is 0.726. The van der Waals surface area contributed by atoms with Gasteiger partial charge >= 0.3 is 0 Å². The molecule has 1 fully saturated rings. The van der Waals surface area contributed by atoms with Crippen molar-refractivity contribution in [1.29, 1.82) is 0 Å². The lowest BCUT2D eigenvalue weighted by Gasteiger charge is -2.36. The van der Waals surface area contributed by atoms with Crippen LogP contribution in [-0.4, -0.2) is 46.3 Å². The van der Waals surface area contributed by atoms with E-state index in [9.17, 15) is 0 Å². The van der Waals surface area contributed by atoms with E-state index in [-0.39, 0.29) is 5.41 Å². The molecular weight excluding hydrogens is 344 g/mol. The first-order valence-electron chi connectivity index (χ1n) is 8.14. The van der Waals surface area contributed by atoms with Gasteiger partial charge < -0.3 is 9.80 Å².